The van der Waals surface area contributed by atoms with Crippen LogP contribution in [0.25, 0.3) is 6.08 Å². The van der Waals surface area contributed by atoms with Gasteiger partial charge in [0.25, 0.3) is 0 Å². The number of benzene rings is 2. The SMILES string of the molecule is C=C(C1=C(C)C(c2cc(OC)cc(OC)c2)OC1)/C(C)=C/c1ccc(OC)cc1. The maximum Gasteiger partial charge on any atom is 0.122 e. The zero-order chi connectivity index (χ0) is 21.0. The van der Waals surface area contributed by atoms with Gasteiger partial charge in [-0.2, -0.15) is 0 Å². The zero-order valence-electron chi connectivity index (χ0n) is 17.7. The molecule has 29 heavy (non-hydrogen) atoms. The molecule has 3 rings (SSSR count). The van der Waals surface area contributed by atoms with Crippen LogP contribution in [0.4, 0.5) is 0 Å². The van der Waals surface area contributed by atoms with Crippen molar-refractivity contribution in [1.82, 2.24) is 0 Å². The molecule has 0 N–H and O–H groups in total. The summed E-state index contributed by atoms with van der Waals surface area (Å²) in [5.41, 5.74) is 6.52. The Hall–Kier alpha value is -2.98. The lowest BCUT2D eigenvalue weighted by molar-refractivity contribution is 0.121. The molecule has 4 heteroatoms. The molecule has 0 saturated heterocycles. The molecular formula is C25H28O4. The Bertz CT molecular complexity index is 929. The highest BCUT2D eigenvalue weighted by atomic mass is 16.5. The first-order valence-corrected chi connectivity index (χ1v) is 9.53. The molecule has 0 bridgehead atoms. The van der Waals surface area contributed by atoms with Gasteiger partial charge in [-0.15, -0.1) is 0 Å². The third kappa shape index (κ3) is 4.54. The summed E-state index contributed by atoms with van der Waals surface area (Å²) < 4.78 is 22.1. The second-order valence-electron chi connectivity index (χ2n) is 7.08. The van der Waals surface area contributed by atoms with Crippen molar-refractivity contribution in [2.45, 2.75) is 20.0 Å². The van der Waals surface area contributed by atoms with Crippen molar-refractivity contribution in [3.63, 3.8) is 0 Å². The number of allylic oxidation sites excluding steroid dienone is 1. The highest BCUT2D eigenvalue weighted by Crippen LogP contribution is 2.40. The minimum absolute atomic E-state index is 0.139. The summed E-state index contributed by atoms with van der Waals surface area (Å²) in [6.45, 7) is 9.04. The van der Waals surface area contributed by atoms with Crippen LogP contribution in [0.5, 0.6) is 17.2 Å². The van der Waals surface area contributed by atoms with Crippen LogP contribution in [-0.4, -0.2) is 27.9 Å². The van der Waals surface area contributed by atoms with Gasteiger partial charge in [0.2, 0.25) is 0 Å². The van der Waals surface area contributed by atoms with E-state index in [1.165, 1.54) is 0 Å². The van der Waals surface area contributed by atoms with Crippen LogP contribution in [0.15, 0.2) is 71.3 Å². The van der Waals surface area contributed by atoms with E-state index in [4.69, 9.17) is 18.9 Å². The first kappa shape index (κ1) is 20.7. The fourth-order valence-corrected chi connectivity index (χ4v) is 3.49. The molecular weight excluding hydrogens is 364 g/mol. The predicted molar refractivity (Wildman–Crippen MR) is 117 cm³/mol. The first-order chi connectivity index (χ1) is 14.0. The van der Waals surface area contributed by atoms with E-state index in [1.54, 1.807) is 21.3 Å². The van der Waals surface area contributed by atoms with Gasteiger partial charge in [-0.3, -0.25) is 0 Å². The Balaban J connectivity index is 1.86. The predicted octanol–water partition coefficient (Wildman–Crippen LogP) is 5.76. The number of ether oxygens (including phenoxy) is 4. The van der Waals surface area contributed by atoms with Crippen molar-refractivity contribution in [1.29, 1.82) is 0 Å². The van der Waals surface area contributed by atoms with Crippen molar-refractivity contribution < 1.29 is 18.9 Å². The average molecular weight is 392 g/mol. The summed E-state index contributed by atoms with van der Waals surface area (Å²) in [6, 6.07) is 13.8. The lowest BCUT2D eigenvalue weighted by Crippen LogP contribution is -2.00. The maximum absolute atomic E-state index is 6.12. The van der Waals surface area contributed by atoms with Crippen LogP contribution in [-0.2, 0) is 4.74 Å². The number of hydrogen-bond acceptors (Lipinski definition) is 4. The van der Waals surface area contributed by atoms with Gasteiger partial charge >= 0.3 is 0 Å². The van der Waals surface area contributed by atoms with E-state index in [2.05, 4.69) is 26.5 Å². The van der Waals surface area contributed by atoms with Gasteiger partial charge in [-0.25, -0.2) is 0 Å². The maximum atomic E-state index is 6.12. The molecule has 0 spiro atoms. The minimum Gasteiger partial charge on any atom is -0.497 e. The van der Waals surface area contributed by atoms with E-state index in [9.17, 15) is 0 Å². The summed E-state index contributed by atoms with van der Waals surface area (Å²) >= 11 is 0. The average Bonchev–Trinajstić information content (AvgIpc) is 3.14. The zero-order valence-corrected chi connectivity index (χ0v) is 17.7. The summed E-state index contributed by atoms with van der Waals surface area (Å²) in [5.74, 6) is 2.34. The van der Waals surface area contributed by atoms with Gasteiger partial charge in [-0.05, 0) is 71.5 Å². The van der Waals surface area contributed by atoms with E-state index in [-0.39, 0.29) is 6.10 Å². The molecule has 1 unspecified atom stereocenters. The molecule has 0 amide bonds. The molecule has 1 heterocycles. The molecule has 0 radical (unpaired) electrons. The van der Waals surface area contributed by atoms with Crippen molar-refractivity contribution in [3.8, 4) is 17.2 Å². The molecule has 2 aromatic rings. The Morgan fingerprint density at radius 2 is 1.55 bits per heavy atom. The molecule has 0 fully saturated rings. The Morgan fingerprint density at radius 3 is 2.10 bits per heavy atom. The molecule has 4 nitrogen and oxygen atoms in total. The summed E-state index contributed by atoms with van der Waals surface area (Å²) in [5, 5.41) is 0. The van der Waals surface area contributed by atoms with E-state index in [0.717, 1.165) is 50.7 Å². The van der Waals surface area contributed by atoms with Crippen LogP contribution in [0.3, 0.4) is 0 Å². The summed E-state index contributed by atoms with van der Waals surface area (Å²) in [6.07, 6.45) is 1.99. The molecule has 2 aromatic carbocycles. The molecule has 0 aromatic heterocycles. The van der Waals surface area contributed by atoms with Gasteiger partial charge in [0.05, 0.1) is 27.9 Å². The van der Waals surface area contributed by atoms with Gasteiger partial charge < -0.3 is 18.9 Å². The summed E-state index contributed by atoms with van der Waals surface area (Å²) in [4.78, 5) is 0. The third-order valence-electron chi connectivity index (χ3n) is 5.28. The molecule has 152 valence electrons. The second-order valence-corrected chi connectivity index (χ2v) is 7.08. The van der Waals surface area contributed by atoms with Crippen molar-refractivity contribution >= 4 is 6.08 Å². The molecule has 0 saturated carbocycles. The van der Waals surface area contributed by atoms with E-state index < -0.39 is 0 Å². The van der Waals surface area contributed by atoms with Crippen molar-refractivity contribution in [2.24, 2.45) is 0 Å². The fraction of sp³-hybridized carbons (Fsp3) is 0.280. The topological polar surface area (TPSA) is 36.9 Å². The Morgan fingerprint density at radius 1 is 0.966 bits per heavy atom. The normalized spacial score (nSPS) is 16.7. The Labute approximate surface area is 173 Å². The van der Waals surface area contributed by atoms with E-state index in [1.807, 2.05) is 42.5 Å². The molecule has 1 aliphatic rings. The van der Waals surface area contributed by atoms with Crippen LogP contribution in [0.1, 0.15) is 31.1 Å². The van der Waals surface area contributed by atoms with Gasteiger partial charge in [0.1, 0.15) is 23.4 Å². The largest absolute Gasteiger partial charge is 0.497 e. The second kappa shape index (κ2) is 9.01. The standard InChI is InChI=1S/C25H28O4/c1-16(11-19-7-9-21(26-4)10-8-19)17(2)24-15-29-25(18(24)3)20-12-22(27-5)14-23(13-20)28-6/h7-14,25H,2,15H2,1,3-6H3/b16-11+. The highest BCUT2D eigenvalue weighted by molar-refractivity contribution is 5.63. The summed E-state index contributed by atoms with van der Waals surface area (Å²) in [7, 11) is 4.97. The van der Waals surface area contributed by atoms with Crippen LogP contribution >= 0.6 is 0 Å². The third-order valence-corrected chi connectivity index (χ3v) is 5.28. The van der Waals surface area contributed by atoms with Gasteiger partial charge in [-0.1, -0.05) is 24.8 Å². The molecule has 1 aliphatic heterocycles. The monoisotopic (exact) mass is 392 g/mol. The van der Waals surface area contributed by atoms with Crippen molar-refractivity contribution in [3.05, 3.63) is 82.5 Å². The number of hydrogen-bond donors (Lipinski definition) is 0. The highest BCUT2D eigenvalue weighted by Gasteiger charge is 2.27. The Kier molecular flexibility index (Phi) is 6.45. The minimum atomic E-state index is -0.139. The first-order valence-electron chi connectivity index (χ1n) is 9.53. The van der Waals surface area contributed by atoms with Crippen LogP contribution < -0.4 is 14.2 Å². The van der Waals surface area contributed by atoms with E-state index >= 15 is 0 Å². The van der Waals surface area contributed by atoms with Gasteiger partial charge in [0.15, 0.2) is 0 Å². The van der Waals surface area contributed by atoms with Crippen molar-refractivity contribution in [2.75, 3.05) is 27.9 Å². The van der Waals surface area contributed by atoms with Gasteiger partial charge in [0, 0.05) is 6.07 Å². The van der Waals surface area contributed by atoms with E-state index in [0.29, 0.717) is 6.61 Å². The molecule has 0 aliphatic carbocycles. The fourth-order valence-electron chi connectivity index (χ4n) is 3.49. The number of rotatable bonds is 7. The van der Waals surface area contributed by atoms with Crippen LogP contribution in [0.2, 0.25) is 0 Å². The quantitative estimate of drug-likeness (QED) is 0.562. The number of methoxy groups -OCH3 is 3. The van der Waals surface area contributed by atoms with Crippen LogP contribution in [0, 0.1) is 0 Å². The lowest BCUT2D eigenvalue weighted by Gasteiger charge is -2.15. The lowest BCUT2D eigenvalue weighted by atomic mass is 9.93. The smallest absolute Gasteiger partial charge is 0.122 e. The molecule has 1 atom stereocenters.